The lowest BCUT2D eigenvalue weighted by Crippen LogP contribution is -2.43. The zero-order chi connectivity index (χ0) is 12.9. The summed E-state index contributed by atoms with van der Waals surface area (Å²) in [7, 11) is 0. The average Bonchev–Trinajstić information content (AvgIpc) is 2.72. The quantitative estimate of drug-likeness (QED) is 0.633. The number of carbonyl (C=O) groups is 2. The Balaban J connectivity index is 0.00000289. The number of carbonyl (C=O) groups excluding carboxylic acids is 2. The standard InChI is InChI=1S/C12H23N3O2.ClH/c1-9(2)10(16)14-6-7-15-11(17)12(3)4-5-13-8-12;/h9,13H,4-8H2,1-3H3,(H,14,16)(H,15,17);1H. The van der Waals surface area contributed by atoms with E-state index in [4.69, 9.17) is 0 Å². The lowest BCUT2D eigenvalue weighted by molar-refractivity contribution is -0.129. The van der Waals surface area contributed by atoms with Gasteiger partial charge in [-0.25, -0.2) is 0 Å². The molecule has 0 saturated carbocycles. The van der Waals surface area contributed by atoms with Crippen molar-refractivity contribution >= 4 is 24.2 Å². The molecule has 0 aromatic rings. The summed E-state index contributed by atoms with van der Waals surface area (Å²) in [6.07, 6.45) is 0.872. The lowest BCUT2D eigenvalue weighted by atomic mass is 9.89. The molecule has 1 rings (SSSR count). The Hall–Kier alpha value is -0.810. The van der Waals surface area contributed by atoms with Crippen LogP contribution in [0, 0.1) is 11.3 Å². The SMILES string of the molecule is CC(C)C(=O)NCCNC(=O)C1(C)CCNC1.Cl. The molecule has 5 nitrogen and oxygen atoms in total. The summed E-state index contributed by atoms with van der Waals surface area (Å²) in [5.74, 6) is 0.0801. The highest BCUT2D eigenvalue weighted by atomic mass is 35.5. The van der Waals surface area contributed by atoms with Gasteiger partial charge in [0.25, 0.3) is 0 Å². The van der Waals surface area contributed by atoms with Crippen LogP contribution < -0.4 is 16.0 Å². The Labute approximate surface area is 115 Å². The fourth-order valence-electron chi connectivity index (χ4n) is 1.79. The van der Waals surface area contributed by atoms with Gasteiger partial charge in [-0.2, -0.15) is 0 Å². The highest BCUT2D eigenvalue weighted by molar-refractivity contribution is 5.85. The number of hydrogen-bond donors (Lipinski definition) is 3. The minimum atomic E-state index is -0.290. The molecule has 0 aromatic carbocycles. The van der Waals surface area contributed by atoms with Gasteiger partial charge in [-0.15, -0.1) is 12.4 Å². The molecule has 1 aliphatic heterocycles. The van der Waals surface area contributed by atoms with Gasteiger partial charge in [-0.3, -0.25) is 9.59 Å². The topological polar surface area (TPSA) is 70.2 Å². The maximum Gasteiger partial charge on any atom is 0.227 e. The lowest BCUT2D eigenvalue weighted by Gasteiger charge is -2.21. The minimum Gasteiger partial charge on any atom is -0.354 e. The molecule has 1 unspecified atom stereocenters. The molecule has 0 aliphatic carbocycles. The number of hydrogen-bond acceptors (Lipinski definition) is 3. The van der Waals surface area contributed by atoms with Crippen molar-refractivity contribution in [2.45, 2.75) is 27.2 Å². The van der Waals surface area contributed by atoms with Crippen molar-refractivity contribution in [3.05, 3.63) is 0 Å². The van der Waals surface area contributed by atoms with Crippen LogP contribution in [0.3, 0.4) is 0 Å². The van der Waals surface area contributed by atoms with Gasteiger partial charge in [0.1, 0.15) is 0 Å². The highest BCUT2D eigenvalue weighted by Gasteiger charge is 2.35. The van der Waals surface area contributed by atoms with E-state index in [-0.39, 0.29) is 35.6 Å². The second-order valence-electron chi connectivity index (χ2n) is 5.19. The van der Waals surface area contributed by atoms with Crippen molar-refractivity contribution in [2.75, 3.05) is 26.2 Å². The van der Waals surface area contributed by atoms with Crippen molar-refractivity contribution in [2.24, 2.45) is 11.3 Å². The first kappa shape index (κ1) is 17.2. The van der Waals surface area contributed by atoms with Crippen LogP contribution in [0.1, 0.15) is 27.2 Å². The zero-order valence-corrected chi connectivity index (χ0v) is 12.2. The van der Waals surface area contributed by atoms with E-state index in [0.29, 0.717) is 13.1 Å². The van der Waals surface area contributed by atoms with Crippen LogP contribution in [0.4, 0.5) is 0 Å². The summed E-state index contributed by atoms with van der Waals surface area (Å²) in [6.45, 7) is 8.28. The molecule has 1 fully saturated rings. The third-order valence-corrected chi connectivity index (χ3v) is 3.15. The van der Waals surface area contributed by atoms with Crippen LogP contribution in [0.25, 0.3) is 0 Å². The Bertz CT molecular complexity index is 289. The summed E-state index contributed by atoms with van der Waals surface area (Å²) in [4.78, 5) is 23.2. The number of halogens is 1. The second kappa shape index (κ2) is 7.59. The van der Waals surface area contributed by atoms with E-state index in [0.717, 1.165) is 19.5 Å². The smallest absolute Gasteiger partial charge is 0.227 e. The fourth-order valence-corrected chi connectivity index (χ4v) is 1.79. The van der Waals surface area contributed by atoms with E-state index in [1.54, 1.807) is 0 Å². The van der Waals surface area contributed by atoms with Crippen molar-refractivity contribution in [1.29, 1.82) is 0 Å². The van der Waals surface area contributed by atoms with Gasteiger partial charge in [0.05, 0.1) is 5.41 Å². The maximum absolute atomic E-state index is 11.9. The van der Waals surface area contributed by atoms with E-state index < -0.39 is 0 Å². The minimum absolute atomic E-state index is 0. The van der Waals surface area contributed by atoms with Crippen molar-refractivity contribution in [3.63, 3.8) is 0 Å². The molecule has 0 spiro atoms. The molecule has 1 aliphatic rings. The molecule has 1 saturated heterocycles. The monoisotopic (exact) mass is 277 g/mol. The van der Waals surface area contributed by atoms with Gasteiger partial charge < -0.3 is 16.0 Å². The molecule has 106 valence electrons. The second-order valence-corrected chi connectivity index (χ2v) is 5.19. The Kier molecular flexibility index (Phi) is 7.25. The summed E-state index contributed by atoms with van der Waals surface area (Å²) >= 11 is 0. The Morgan fingerprint density at radius 1 is 1.28 bits per heavy atom. The third-order valence-electron chi connectivity index (χ3n) is 3.15. The van der Waals surface area contributed by atoms with Gasteiger partial charge in [0.2, 0.25) is 11.8 Å². The van der Waals surface area contributed by atoms with Gasteiger partial charge in [-0.05, 0) is 19.9 Å². The van der Waals surface area contributed by atoms with Gasteiger partial charge in [0.15, 0.2) is 0 Å². The Morgan fingerprint density at radius 3 is 2.39 bits per heavy atom. The van der Waals surface area contributed by atoms with E-state index in [2.05, 4.69) is 16.0 Å². The molecule has 0 bridgehead atoms. The van der Waals surface area contributed by atoms with E-state index >= 15 is 0 Å². The predicted molar refractivity (Wildman–Crippen MR) is 73.7 cm³/mol. The van der Waals surface area contributed by atoms with Crippen LogP contribution in [0.2, 0.25) is 0 Å². The van der Waals surface area contributed by atoms with Crippen LogP contribution in [-0.2, 0) is 9.59 Å². The number of nitrogens with one attached hydrogen (secondary N) is 3. The molecular formula is C12H24ClN3O2. The van der Waals surface area contributed by atoms with Crippen LogP contribution in [0.5, 0.6) is 0 Å². The summed E-state index contributed by atoms with van der Waals surface area (Å²) in [5.41, 5.74) is -0.290. The van der Waals surface area contributed by atoms with Gasteiger partial charge in [0, 0.05) is 25.6 Å². The first-order valence-corrected chi connectivity index (χ1v) is 6.22. The molecule has 1 atom stereocenters. The van der Waals surface area contributed by atoms with Crippen molar-refractivity contribution in [3.8, 4) is 0 Å². The van der Waals surface area contributed by atoms with E-state index in [1.165, 1.54) is 0 Å². The van der Waals surface area contributed by atoms with Gasteiger partial charge >= 0.3 is 0 Å². The van der Waals surface area contributed by atoms with E-state index in [9.17, 15) is 9.59 Å². The molecule has 3 N–H and O–H groups in total. The maximum atomic E-state index is 11.9. The number of amides is 2. The third kappa shape index (κ3) is 4.82. The molecular weight excluding hydrogens is 254 g/mol. The van der Waals surface area contributed by atoms with Crippen LogP contribution in [-0.4, -0.2) is 38.0 Å². The van der Waals surface area contributed by atoms with Crippen LogP contribution >= 0.6 is 12.4 Å². The fraction of sp³-hybridized carbons (Fsp3) is 0.833. The zero-order valence-electron chi connectivity index (χ0n) is 11.3. The Morgan fingerprint density at radius 2 is 1.89 bits per heavy atom. The molecule has 1 heterocycles. The molecule has 2 amide bonds. The first-order valence-electron chi connectivity index (χ1n) is 6.22. The average molecular weight is 278 g/mol. The van der Waals surface area contributed by atoms with E-state index in [1.807, 2.05) is 20.8 Å². The van der Waals surface area contributed by atoms with Crippen molar-refractivity contribution < 1.29 is 9.59 Å². The molecule has 18 heavy (non-hydrogen) atoms. The molecule has 6 heteroatoms. The van der Waals surface area contributed by atoms with Gasteiger partial charge in [-0.1, -0.05) is 13.8 Å². The normalized spacial score (nSPS) is 22.4. The van der Waals surface area contributed by atoms with Crippen molar-refractivity contribution in [1.82, 2.24) is 16.0 Å². The first-order chi connectivity index (χ1) is 7.96. The summed E-state index contributed by atoms with van der Waals surface area (Å²) in [5, 5.41) is 8.82. The molecule has 0 aromatic heterocycles. The summed E-state index contributed by atoms with van der Waals surface area (Å²) in [6, 6.07) is 0. The number of rotatable bonds is 5. The highest BCUT2D eigenvalue weighted by Crippen LogP contribution is 2.24. The molecule has 0 radical (unpaired) electrons. The van der Waals surface area contributed by atoms with Crippen LogP contribution in [0.15, 0.2) is 0 Å². The predicted octanol–water partition coefficient (Wildman–Crippen LogP) is 0.296. The largest absolute Gasteiger partial charge is 0.354 e. The summed E-state index contributed by atoms with van der Waals surface area (Å²) < 4.78 is 0.